The second-order valence-electron chi connectivity index (χ2n) is 4.22. The van der Waals surface area contributed by atoms with Crippen molar-refractivity contribution < 1.29 is 18.3 Å². The van der Waals surface area contributed by atoms with Crippen LogP contribution in [-0.4, -0.2) is 41.0 Å². The van der Waals surface area contributed by atoms with Gasteiger partial charge < -0.3 is 5.11 Å². The molecule has 0 saturated heterocycles. The predicted molar refractivity (Wildman–Crippen MR) is 63.2 cm³/mol. The lowest BCUT2D eigenvalue weighted by Gasteiger charge is -2.11. The molecule has 100 valence electrons. The van der Waals surface area contributed by atoms with Gasteiger partial charge in [-0.1, -0.05) is 5.21 Å². The van der Waals surface area contributed by atoms with E-state index in [2.05, 4.69) is 31.0 Å². The SMILES string of the molecule is Cn1nnc(Br)c1S(=O)(=O)NCC1(C(=O)O)CC1. The van der Waals surface area contributed by atoms with Crippen molar-refractivity contribution in [3.05, 3.63) is 4.60 Å². The Morgan fingerprint density at radius 1 is 1.61 bits per heavy atom. The monoisotopic (exact) mass is 338 g/mol. The number of nitrogens with one attached hydrogen (secondary N) is 1. The first kappa shape index (κ1) is 13.4. The number of carboxylic acid groups (broad SMARTS) is 1. The molecule has 1 aliphatic carbocycles. The zero-order valence-electron chi connectivity index (χ0n) is 9.42. The molecular weight excluding hydrogens is 328 g/mol. The molecule has 1 aromatic rings. The molecule has 0 radical (unpaired) electrons. The molecule has 1 heterocycles. The first-order valence-electron chi connectivity index (χ1n) is 5.07. The summed E-state index contributed by atoms with van der Waals surface area (Å²) in [6.07, 6.45) is 0.964. The molecule has 0 atom stereocenters. The fourth-order valence-corrected chi connectivity index (χ4v) is 3.74. The van der Waals surface area contributed by atoms with E-state index < -0.39 is 21.4 Å². The van der Waals surface area contributed by atoms with Crippen LogP contribution in [0.1, 0.15) is 12.8 Å². The first-order valence-corrected chi connectivity index (χ1v) is 7.34. The van der Waals surface area contributed by atoms with Gasteiger partial charge in [-0.05, 0) is 28.8 Å². The number of sulfonamides is 1. The molecule has 0 aromatic carbocycles. The summed E-state index contributed by atoms with van der Waals surface area (Å²) in [5, 5.41) is 16.0. The van der Waals surface area contributed by atoms with E-state index in [-0.39, 0.29) is 16.2 Å². The third kappa shape index (κ3) is 2.27. The molecule has 2 rings (SSSR count). The molecule has 10 heteroatoms. The number of aliphatic carboxylic acids is 1. The number of nitrogens with zero attached hydrogens (tertiary/aromatic N) is 3. The summed E-state index contributed by atoms with van der Waals surface area (Å²) >= 11 is 2.99. The molecule has 2 N–H and O–H groups in total. The highest BCUT2D eigenvalue weighted by Gasteiger charge is 2.50. The Labute approximate surface area is 112 Å². The molecule has 0 unspecified atom stereocenters. The van der Waals surface area contributed by atoms with Gasteiger partial charge in [0.2, 0.25) is 5.03 Å². The van der Waals surface area contributed by atoms with E-state index in [0.717, 1.165) is 4.68 Å². The molecule has 18 heavy (non-hydrogen) atoms. The molecule has 1 aliphatic rings. The van der Waals surface area contributed by atoms with Gasteiger partial charge in [0.25, 0.3) is 10.0 Å². The van der Waals surface area contributed by atoms with Gasteiger partial charge in [0, 0.05) is 13.6 Å². The molecule has 0 spiro atoms. The Balaban J connectivity index is 2.17. The maximum absolute atomic E-state index is 12.0. The number of carboxylic acids is 1. The normalized spacial score (nSPS) is 17.7. The lowest BCUT2D eigenvalue weighted by Crippen LogP contribution is -2.35. The van der Waals surface area contributed by atoms with E-state index >= 15 is 0 Å². The topological polar surface area (TPSA) is 114 Å². The zero-order valence-corrected chi connectivity index (χ0v) is 11.8. The van der Waals surface area contributed by atoms with E-state index in [1.165, 1.54) is 7.05 Å². The van der Waals surface area contributed by atoms with Crippen LogP contribution in [0.15, 0.2) is 9.63 Å². The van der Waals surface area contributed by atoms with Gasteiger partial charge in [-0.3, -0.25) is 4.79 Å². The smallest absolute Gasteiger partial charge is 0.310 e. The second-order valence-corrected chi connectivity index (χ2v) is 6.65. The molecule has 1 saturated carbocycles. The van der Waals surface area contributed by atoms with Crippen LogP contribution < -0.4 is 4.72 Å². The van der Waals surface area contributed by atoms with Gasteiger partial charge in [-0.25, -0.2) is 17.8 Å². The zero-order chi connectivity index (χ0) is 13.6. The number of aryl methyl sites for hydroxylation is 1. The molecule has 8 nitrogen and oxygen atoms in total. The third-order valence-electron chi connectivity index (χ3n) is 2.90. The molecule has 0 amide bonds. The lowest BCUT2D eigenvalue weighted by atomic mass is 10.1. The number of hydrogen-bond donors (Lipinski definition) is 2. The Morgan fingerprint density at radius 3 is 2.61 bits per heavy atom. The van der Waals surface area contributed by atoms with E-state index in [1.54, 1.807) is 0 Å². The fourth-order valence-electron chi connectivity index (χ4n) is 1.53. The number of carbonyl (C=O) groups is 1. The van der Waals surface area contributed by atoms with Crippen molar-refractivity contribution in [1.29, 1.82) is 0 Å². The number of rotatable bonds is 5. The molecule has 0 bridgehead atoms. The average Bonchev–Trinajstić information content (AvgIpc) is 2.98. The molecular formula is C8H11BrN4O4S. The van der Waals surface area contributed by atoms with Crippen molar-refractivity contribution >= 4 is 31.9 Å². The minimum Gasteiger partial charge on any atom is -0.481 e. The summed E-state index contributed by atoms with van der Waals surface area (Å²) < 4.78 is 27.5. The number of halogens is 1. The summed E-state index contributed by atoms with van der Waals surface area (Å²) in [7, 11) is -2.39. The molecule has 1 aromatic heterocycles. The van der Waals surface area contributed by atoms with Crippen LogP contribution >= 0.6 is 15.9 Å². The highest BCUT2D eigenvalue weighted by Crippen LogP contribution is 2.45. The van der Waals surface area contributed by atoms with Gasteiger partial charge >= 0.3 is 5.97 Å². The number of hydrogen-bond acceptors (Lipinski definition) is 5. The van der Waals surface area contributed by atoms with Crippen molar-refractivity contribution in [3.63, 3.8) is 0 Å². The van der Waals surface area contributed by atoms with Crippen LogP contribution in [-0.2, 0) is 21.9 Å². The van der Waals surface area contributed by atoms with Gasteiger partial charge in [0.05, 0.1) is 5.41 Å². The quantitative estimate of drug-likeness (QED) is 0.763. The van der Waals surface area contributed by atoms with Gasteiger partial charge in [-0.15, -0.1) is 5.10 Å². The van der Waals surface area contributed by atoms with E-state index in [9.17, 15) is 13.2 Å². The van der Waals surface area contributed by atoms with Crippen LogP contribution in [0, 0.1) is 5.41 Å². The standard InChI is InChI=1S/C8H11BrN4O4S/c1-13-6(5(9)11-12-13)18(16,17)10-4-8(2-3-8)7(14)15/h10H,2-4H2,1H3,(H,14,15). The minimum atomic E-state index is -3.83. The first-order chi connectivity index (χ1) is 8.28. The number of aromatic nitrogens is 3. The summed E-state index contributed by atoms with van der Waals surface area (Å²) in [4.78, 5) is 10.9. The Bertz CT molecular complexity index is 573. The van der Waals surface area contributed by atoms with Crippen molar-refractivity contribution in [3.8, 4) is 0 Å². The van der Waals surface area contributed by atoms with Crippen LogP contribution in [0.25, 0.3) is 0 Å². The van der Waals surface area contributed by atoms with E-state index in [1.807, 2.05) is 0 Å². The third-order valence-corrected chi connectivity index (χ3v) is 5.19. The van der Waals surface area contributed by atoms with Crippen LogP contribution in [0.2, 0.25) is 0 Å². The van der Waals surface area contributed by atoms with Crippen LogP contribution in [0.4, 0.5) is 0 Å². The summed E-state index contributed by atoms with van der Waals surface area (Å²) in [5.74, 6) is -0.979. The molecule has 0 aliphatic heterocycles. The Hall–Kier alpha value is -1.00. The maximum atomic E-state index is 12.0. The van der Waals surface area contributed by atoms with Gasteiger partial charge in [-0.2, -0.15) is 0 Å². The van der Waals surface area contributed by atoms with Gasteiger partial charge in [0.1, 0.15) is 0 Å². The van der Waals surface area contributed by atoms with E-state index in [0.29, 0.717) is 12.8 Å². The fraction of sp³-hybridized carbons (Fsp3) is 0.625. The predicted octanol–water partition coefficient (Wildman–Crippen LogP) is -0.279. The molecule has 1 fully saturated rings. The maximum Gasteiger partial charge on any atom is 0.310 e. The lowest BCUT2D eigenvalue weighted by molar-refractivity contribution is -0.143. The Morgan fingerprint density at radius 2 is 2.22 bits per heavy atom. The summed E-state index contributed by atoms with van der Waals surface area (Å²) in [6, 6.07) is 0. The summed E-state index contributed by atoms with van der Waals surface area (Å²) in [5.41, 5.74) is -0.953. The van der Waals surface area contributed by atoms with Gasteiger partial charge in [0.15, 0.2) is 4.60 Å². The van der Waals surface area contributed by atoms with Crippen LogP contribution in [0.5, 0.6) is 0 Å². The second kappa shape index (κ2) is 4.28. The van der Waals surface area contributed by atoms with Crippen molar-refractivity contribution in [1.82, 2.24) is 19.7 Å². The summed E-state index contributed by atoms with van der Waals surface area (Å²) in [6.45, 7) is -0.123. The van der Waals surface area contributed by atoms with Crippen LogP contribution in [0.3, 0.4) is 0 Å². The van der Waals surface area contributed by atoms with Crippen molar-refractivity contribution in [2.45, 2.75) is 17.9 Å². The largest absolute Gasteiger partial charge is 0.481 e. The minimum absolute atomic E-state index is 0.0951. The highest BCUT2D eigenvalue weighted by molar-refractivity contribution is 9.10. The van der Waals surface area contributed by atoms with Crippen molar-refractivity contribution in [2.75, 3.05) is 6.54 Å². The highest BCUT2D eigenvalue weighted by atomic mass is 79.9. The Kier molecular flexibility index (Phi) is 3.19. The van der Waals surface area contributed by atoms with E-state index in [4.69, 9.17) is 5.11 Å². The van der Waals surface area contributed by atoms with Crippen molar-refractivity contribution in [2.24, 2.45) is 12.5 Å². The average molecular weight is 339 g/mol.